The second-order valence-corrected chi connectivity index (χ2v) is 3.98. The molecule has 0 aromatic carbocycles. The van der Waals surface area contributed by atoms with Crippen LogP contribution in [0.15, 0.2) is 34.4 Å². The summed E-state index contributed by atoms with van der Waals surface area (Å²) in [5.74, 6) is 0.543. The highest BCUT2D eigenvalue weighted by atomic mass is 32.1. The Morgan fingerprint density at radius 3 is 3.06 bits per heavy atom. The van der Waals surface area contributed by atoms with Crippen molar-refractivity contribution in [2.75, 3.05) is 0 Å². The van der Waals surface area contributed by atoms with Crippen LogP contribution >= 0.6 is 11.3 Å². The molecule has 0 spiro atoms. The highest BCUT2D eigenvalue weighted by Gasteiger charge is 2.19. The maximum Gasteiger partial charge on any atom is 0.212 e. The topological polar surface area (TPSA) is 80.5 Å². The van der Waals surface area contributed by atoms with Crippen LogP contribution in [0.1, 0.15) is 5.69 Å². The van der Waals surface area contributed by atoms with Crippen LogP contribution in [0.3, 0.4) is 0 Å². The molecule has 0 fully saturated rings. The van der Waals surface area contributed by atoms with E-state index in [1.165, 1.54) is 22.3 Å². The zero-order valence-electron chi connectivity index (χ0n) is 8.44. The summed E-state index contributed by atoms with van der Waals surface area (Å²) in [7, 11) is 0. The van der Waals surface area contributed by atoms with Gasteiger partial charge in [0.2, 0.25) is 5.13 Å². The van der Waals surface area contributed by atoms with Crippen molar-refractivity contribution in [1.82, 2.24) is 20.0 Å². The third kappa shape index (κ3) is 1.51. The summed E-state index contributed by atoms with van der Waals surface area (Å²) in [5, 5.41) is 19.2. The van der Waals surface area contributed by atoms with Crippen molar-refractivity contribution in [2.45, 2.75) is 0 Å². The molecule has 0 saturated carbocycles. The van der Waals surface area contributed by atoms with Gasteiger partial charge in [-0.15, -0.1) is 16.4 Å². The van der Waals surface area contributed by atoms with E-state index in [2.05, 4.69) is 15.3 Å². The normalized spacial score (nSPS) is 10.3. The quantitative estimate of drug-likeness (QED) is 0.686. The van der Waals surface area contributed by atoms with Gasteiger partial charge >= 0.3 is 0 Å². The first-order valence-electron chi connectivity index (χ1n) is 4.69. The maximum absolute atomic E-state index is 9.00. The van der Waals surface area contributed by atoms with Crippen LogP contribution in [0.5, 0.6) is 0 Å². The fourth-order valence-electron chi connectivity index (χ4n) is 1.45. The molecule has 0 bridgehead atoms. The third-order valence-corrected chi connectivity index (χ3v) is 2.88. The van der Waals surface area contributed by atoms with Crippen molar-refractivity contribution in [1.29, 1.82) is 5.26 Å². The van der Waals surface area contributed by atoms with Crippen LogP contribution in [-0.2, 0) is 0 Å². The zero-order valence-corrected chi connectivity index (χ0v) is 9.26. The molecule has 0 unspecified atom stereocenters. The summed E-state index contributed by atoms with van der Waals surface area (Å²) < 4.78 is 6.79. The Labute approximate surface area is 99.8 Å². The lowest BCUT2D eigenvalue weighted by molar-refractivity contribution is 0.576. The summed E-state index contributed by atoms with van der Waals surface area (Å²) in [6, 6.07) is 5.49. The van der Waals surface area contributed by atoms with Crippen LogP contribution in [0.2, 0.25) is 0 Å². The smallest absolute Gasteiger partial charge is 0.212 e. The molecule has 6 nitrogen and oxygen atoms in total. The van der Waals surface area contributed by atoms with E-state index < -0.39 is 0 Å². The van der Waals surface area contributed by atoms with Gasteiger partial charge in [0.15, 0.2) is 17.1 Å². The number of thiazole rings is 1. The van der Waals surface area contributed by atoms with Gasteiger partial charge in [-0.3, -0.25) is 0 Å². The Morgan fingerprint density at radius 2 is 2.41 bits per heavy atom. The molecule has 0 N–H and O–H groups in total. The highest BCUT2D eigenvalue weighted by Crippen LogP contribution is 2.25. The summed E-state index contributed by atoms with van der Waals surface area (Å²) in [6.45, 7) is 0. The molecule has 3 rings (SSSR count). The molecule has 17 heavy (non-hydrogen) atoms. The van der Waals surface area contributed by atoms with Gasteiger partial charge in [0, 0.05) is 11.6 Å². The standard InChI is InChI=1S/C10H5N5OS/c11-6-7-9(8-2-1-4-16-8)15(14-13-7)10-12-3-5-17-10/h1-5H. The Bertz CT molecular complexity index is 662. The molecule has 0 saturated heterocycles. The van der Waals surface area contributed by atoms with Crippen LogP contribution in [-0.4, -0.2) is 20.0 Å². The average molecular weight is 243 g/mol. The van der Waals surface area contributed by atoms with Gasteiger partial charge in [-0.05, 0) is 12.1 Å². The first kappa shape index (κ1) is 9.74. The van der Waals surface area contributed by atoms with Gasteiger partial charge < -0.3 is 4.42 Å². The lowest BCUT2D eigenvalue weighted by atomic mass is 10.3. The maximum atomic E-state index is 9.00. The first-order chi connectivity index (χ1) is 8.40. The number of hydrogen-bond donors (Lipinski definition) is 0. The van der Waals surface area contributed by atoms with Crippen molar-refractivity contribution < 1.29 is 4.42 Å². The predicted octanol–water partition coefficient (Wildman–Crippen LogP) is 1.86. The highest BCUT2D eigenvalue weighted by molar-refractivity contribution is 7.12. The van der Waals surface area contributed by atoms with Gasteiger partial charge in [0.1, 0.15) is 6.07 Å². The lowest BCUT2D eigenvalue weighted by Crippen LogP contribution is -1.98. The Balaban J connectivity index is 2.25. The molecule has 7 heteroatoms. The molecule has 0 aliphatic heterocycles. The van der Waals surface area contributed by atoms with Gasteiger partial charge in [0.25, 0.3) is 0 Å². The number of furan rings is 1. The minimum Gasteiger partial charge on any atom is -0.463 e. The molecular formula is C10H5N5OS. The van der Waals surface area contributed by atoms with Crippen molar-refractivity contribution in [3.8, 4) is 22.7 Å². The van der Waals surface area contributed by atoms with E-state index in [9.17, 15) is 0 Å². The number of rotatable bonds is 2. The van der Waals surface area contributed by atoms with Gasteiger partial charge in [-0.25, -0.2) is 4.98 Å². The molecule has 0 amide bonds. The first-order valence-corrected chi connectivity index (χ1v) is 5.57. The molecule has 82 valence electrons. The molecule has 0 radical (unpaired) electrons. The summed E-state index contributed by atoms with van der Waals surface area (Å²) in [5.41, 5.74) is 0.739. The molecule has 0 aliphatic carbocycles. The van der Waals surface area contributed by atoms with E-state index in [0.717, 1.165) is 0 Å². The monoisotopic (exact) mass is 243 g/mol. The molecule has 0 atom stereocenters. The molecule has 3 aromatic rings. The minimum atomic E-state index is 0.218. The average Bonchev–Trinajstić information content (AvgIpc) is 3.09. The fraction of sp³-hybridized carbons (Fsp3) is 0. The van der Waals surface area contributed by atoms with E-state index in [1.54, 1.807) is 18.3 Å². The predicted molar refractivity (Wildman–Crippen MR) is 59.4 cm³/mol. The molecule has 3 aromatic heterocycles. The third-order valence-electron chi connectivity index (χ3n) is 2.13. The van der Waals surface area contributed by atoms with E-state index in [-0.39, 0.29) is 5.69 Å². The number of aromatic nitrogens is 4. The van der Waals surface area contributed by atoms with E-state index in [0.29, 0.717) is 16.6 Å². The van der Waals surface area contributed by atoms with E-state index in [1.807, 2.05) is 11.4 Å². The van der Waals surface area contributed by atoms with Crippen LogP contribution in [0.25, 0.3) is 16.6 Å². The van der Waals surface area contributed by atoms with E-state index in [4.69, 9.17) is 9.68 Å². The van der Waals surface area contributed by atoms with Crippen molar-refractivity contribution in [3.63, 3.8) is 0 Å². The van der Waals surface area contributed by atoms with Gasteiger partial charge in [-0.2, -0.15) is 9.94 Å². The van der Waals surface area contributed by atoms with Crippen LogP contribution in [0.4, 0.5) is 0 Å². The minimum absolute atomic E-state index is 0.218. The Hall–Kier alpha value is -2.46. The van der Waals surface area contributed by atoms with Gasteiger partial charge in [0.05, 0.1) is 6.26 Å². The Kier molecular flexibility index (Phi) is 2.20. The summed E-state index contributed by atoms with van der Waals surface area (Å²) in [6.07, 6.45) is 3.20. The molecule has 3 heterocycles. The number of nitriles is 1. The van der Waals surface area contributed by atoms with Crippen LogP contribution in [0, 0.1) is 11.3 Å². The fourth-order valence-corrected chi connectivity index (χ4v) is 2.04. The lowest BCUT2D eigenvalue weighted by Gasteiger charge is -1.98. The van der Waals surface area contributed by atoms with Crippen molar-refractivity contribution in [3.05, 3.63) is 35.7 Å². The van der Waals surface area contributed by atoms with Gasteiger partial charge in [-0.1, -0.05) is 5.21 Å². The Morgan fingerprint density at radius 1 is 1.47 bits per heavy atom. The molecule has 0 aliphatic rings. The SMILES string of the molecule is N#Cc1nnn(-c2nccs2)c1-c1ccco1. The van der Waals surface area contributed by atoms with Crippen LogP contribution < -0.4 is 0 Å². The van der Waals surface area contributed by atoms with Crippen molar-refractivity contribution >= 4 is 11.3 Å². The van der Waals surface area contributed by atoms with Crippen molar-refractivity contribution in [2.24, 2.45) is 0 Å². The largest absolute Gasteiger partial charge is 0.463 e. The summed E-state index contributed by atoms with van der Waals surface area (Å²) >= 11 is 1.41. The summed E-state index contributed by atoms with van der Waals surface area (Å²) in [4.78, 5) is 4.13. The molecular weight excluding hydrogens is 238 g/mol. The number of hydrogen-bond acceptors (Lipinski definition) is 6. The second-order valence-electron chi connectivity index (χ2n) is 3.10. The second kappa shape index (κ2) is 3.84. The zero-order chi connectivity index (χ0) is 11.7. The number of nitrogens with zero attached hydrogens (tertiary/aromatic N) is 5. The van der Waals surface area contributed by atoms with E-state index >= 15 is 0 Å².